The fourth-order valence-electron chi connectivity index (χ4n) is 5.72. The summed E-state index contributed by atoms with van der Waals surface area (Å²) in [6.45, 7) is 13.0. The molecule has 0 unspecified atom stereocenters. The van der Waals surface area contributed by atoms with E-state index in [-0.39, 0.29) is 33.9 Å². The van der Waals surface area contributed by atoms with E-state index >= 15 is 0 Å². The molecule has 2 aromatic heterocycles. The molecule has 1 aliphatic carbocycles. The first kappa shape index (κ1) is 27.5. The zero-order chi connectivity index (χ0) is 28.5. The Hall–Kier alpha value is -3.04. The molecule has 208 valence electrons. The summed E-state index contributed by atoms with van der Waals surface area (Å²) < 4.78 is 15.8. The number of hydrogen-bond donors (Lipinski definition) is 1. The monoisotopic (exact) mass is 555 g/mol. The molecule has 3 heterocycles. The van der Waals surface area contributed by atoms with E-state index in [0.29, 0.717) is 49.4 Å². The minimum Gasteiger partial charge on any atom is -0.390 e. The van der Waals surface area contributed by atoms with Gasteiger partial charge in [-0.3, -0.25) is 9.59 Å². The quantitative estimate of drug-likeness (QED) is 0.505. The number of piperazine rings is 1. The summed E-state index contributed by atoms with van der Waals surface area (Å²) in [4.78, 5) is 35.1. The van der Waals surface area contributed by atoms with Crippen LogP contribution in [-0.4, -0.2) is 72.1 Å². The second-order valence-electron chi connectivity index (χ2n) is 12.8. The average molecular weight is 556 g/mol. The fraction of sp³-hybridized carbons (Fsp3) is 0.517. The standard InChI is InChI=1S/C29H35ClFN5O3/c1-27(2,3)19-12-22(17-7-8-20(30)21(31)11-17)33-36-15-23(32-24(19)36)26(38)35-10-9-34(16-28(35,4)5)25(37)18-13-29(6,39)14-18/h7-8,11-12,15,18,39H,9-10,13-14,16H2,1-6H3/t18-,29+. The van der Waals surface area contributed by atoms with Crippen molar-refractivity contribution in [3.05, 3.63) is 52.6 Å². The first-order valence-electron chi connectivity index (χ1n) is 13.3. The maximum atomic E-state index is 14.2. The van der Waals surface area contributed by atoms with Crippen LogP contribution in [0.15, 0.2) is 30.5 Å². The summed E-state index contributed by atoms with van der Waals surface area (Å²) in [5.74, 6) is -0.887. The molecule has 2 fully saturated rings. The molecule has 1 N–H and O–H groups in total. The number of imidazole rings is 1. The topological polar surface area (TPSA) is 91.0 Å². The summed E-state index contributed by atoms with van der Waals surface area (Å²) in [7, 11) is 0. The lowest BCUT2D eigenvalue weighted by molar-refractivity contribution is -0.153. The third-order valence-corrected chi connectivity index (χ3v) is 8.15. The minimum atomic E-state index is -0.766. The van der Waals surface area contributed by atoms with Crippen LogP contribution in [0, 0.1) is 11.7 Å². The van der Waals surface area contributed by atoms with Gasteiger partial charge in [-0.1, -0.05) is 38.4 Å². The largest absolute Gasteiger partial charge is 0.390 e. The Morgan fingerprint density at radius 1 is 1.13 bits per heavy atom. The Balaban J connectivity index is 1.44. The first-order chi connectivity index (χ1) is 18.1. The molecule has 2 amide bonds. The van der Waals surface area contributed by atoms with Crippen LogP contribution in [0.25, 0.3) is 16.9 Å². The number of carbonyl (C=O) groups is 2. The van der Waals surface area contributed by atoms with Crippen LogP contribution < -0.4 is 0 Å². The van der Waals surface area contributed by atoms with Gasteiger partial charge < -0.3 is 14.9 Å². The van der Waals surface area contributed by atoms with Gasteiger partial charge in [0.1, 0.15) is 11.5 Å². The molecule has 5 rings (SSSR count). The molecular weight excluding hydrogens is 521 g/mol. The van der Waals surface area contributed by atoms with Crippen molar-refractivity contribution in [3.63, 3.8) is 0 Å². The Kier molecular flexibility index (Phi) is 6.54. The van der Waals surface area contributed by atoms with Gasteiger partial charge in [0, 0.05) is 36.7 Å². The zero-order valence-electron chi connectivity index (χ0n) is 23.3. The van der Waals surface area contributed by atoms with Crippen molar-refractivity contribution >= 4 is 29.1 Å². The number of aliphatic hydroxyl groups is 1. The highest BCUT2D eigenvalue weighted by atomic mass is 35.5. The van der Waals surface area contributed by atoms with Crippen molar-refractivity contribution in [2.24, 2.45) is 5.92 Å². The van der Waals surface area contributed by atoms with Crippen molar-refractivity contribution in [2.75, 3.05) is 19.6 Å². The Bertz CT molecular complexity index is 1470. The minimum absolute atomic E-state index is 0.0374. The predicted molar refractivity (Wildman–Crippen MR) is 147 cm³/mol. The maximum absolute atomic E-state index is 14.2. The first-order valence-corrected chi connectivity index (χ1v) is 13.6. The van der Waals surface area contributed by atoms with Crippen molar-refractivity contribution < 1.29 is 19.1 Å². The molecule has 1 aliphatic heterocycles. The number of benzene rings is 1. The Labute approximate surface area is 232 Å². The van der Waals surface area contributed by atoms with Crippen LogP contribution in [0.3, 0.4) is 0 Å². The summed E-state index contributed by atoms with van der Waals surface area (Å²) in [5.41, 5.74) is 1.10. The molecule has 0 atom stereocenters. The lowest BCUT2D eigenvalue weighted by Gasteiger charge is -2.49. The van der Waals surface area contributed by atoms with Crippen molar-refractivity contribution in [2.45, 2.75) is 70.9 Å². The van der Waals surface area contributed by atoms with Crippen LogP contribution in [-0.2, 0) is 10.2 Å². The summed E-state index contributed by atoms with van der Waals surface area (Å²) in [6.07, 6.45) is 2.56. The molecule has 39 heavy (non-hydrogen) atoms. The summed E-state index contributed by atoms with van der Waals surface area (Å²) >= 11 is 5.88. The normalized spacial score (nSPS) is 23.2. The number of amides is 2. The SMILES string of the molecule is CC(C)(C)c1cc(-c2ccc(Cl)c(F)c2)nn2cc(C(=O)N3CCN(C(=O)[C@H]4C[C@@](C)(O)C4)CC3(C)C)nc12. The molecule has 0 bridgehead atoms. The van der Waals surface area contributed by atoms with Gasteiger partial charge in [0.05, 0.1) is 28.1 Å². The zero-order valence-corrected chi connectivity index (χ0v) is 24.0. The van der Waals surface area contributed by atoms with Gasteiger partial charge in [0.15, 0.2) is 5.65 Å². The third-order valence-electron chi connectivity index (χ3n) is 7.85. The van der Waals surface area contributed by atoms with Crippen LogP contribution >= 0.6 is 11.6 Å². The average Bonchev–Trinajstić information content (AvgIpc) is 3.25. The van der Waals surface area contributed by atoms with E-state index in [1.807, 2.05) is 45.6 Å². The maximum Gasteiger partial charge on any atom is 0.274 e. The Morgan fingerprint density at radius 3 is 2.41 bits per heavy atom. The van der Waals surface area contributed by atoms with E-state index in [4.69, 9.17) is 16.6 Å². The number of rotatable bonds is 3. The lowest BCUT2D eigenvalue weighted by atomic mass is 9.71. The molecular formula is C29H35ClFN5O3. The highest BCUT2D eigenvalue weighted by molar-refractivity contribution is 6.30. The van der Waals surface area contributed by atoms with E-state index in [9.17, 15) is 19.1 Å². The number of hydrogen-bond acceptors (Lipinski definition) is 5. The smallest absolute Gasteiger partial charge is 0.274 e. The van der Waals surface area contributed by atoms with Gasteiger partial charge in [-0.05, 0) is 57.2 Å². The Morgan fingerprint density at radius 2 is 1.82 bits per heavy atom. The van der Waals surface area contributed by atoms with E-state index in [0.717, 1.165) is 5.56 Å². The number of halogens is 2. The van der Waals surface area contributed by atoms with Crippen LogP contribution in [0.2, 0.25) is 5.02 Å². The fourth-order valence-corrected chi connectivity index (χ4v) is 5.84. The summed E-state index contributed by atoms with van der Waals surface area (Å²) in [6, 6.07) is 6.44. The van der Waals surface area contributed by atoms with Crippen LogP contribution in [0.5, 0.6) is 0 Å². The molecule has 3 aromatic rings. The molecule has 1 saturated carbocycles. The van der Waals surface area contributed by atoms with Crippen molar-refractivity contribution in [1.29, 1.82) is 0 Å². The second kappa shape index (κ2) is 9.27. The predicted octanol–water partition coefficient (Wildman–Crippen LogP) is 4.71. The molecule has 0 spiro atoms. The van der Waals surface area contributed by atoms with E-state index in [2.05, 4.69) is 5.10 Å². The second-order valence-corrected chi connectivity index (χ2v) is 13.3. The van der Waals surface area contributed by atoms with Crippen molar-refractivity contribution in [3.8, 4) is 11.3 Å². The van der Waals surface area contributed by atoms with Crippen molar-refractivity contribution in [1.82, 2.24) is 24.4 Å². The lowest BCUT2D eigenvalue weighted by Crippen LogP contribution is -2.63. The molecule has 2 aliphatic rings. The highest BCUT2D eigenvalue weighted by Gasteiger charge is 2.47. The molecule has 0 radical (unpaired) electrons. The number of aromatic nitrogens is 3. The number of nitrogens with zero attached hydrogens (tertiary/aromatic N) is 5. The van der Waals surface area contributed by atoms with Crippen LogP contribution in [0.1, 0.15) is 70.4 Å². The van der Waals surface area contributed by atoms with Gasteiger partial charge in [-0.15, -0.1) is 0 Å². The molecule has 8 nitrogen and oxygen atoms in total. The van der Waals surface area contributed by atoms with Gasteiger partial charge in [-0.25, -0.2) is 13.9 Å². The molecule has 1 saturated heterocycles. The van der Waals surface area contributed by atoms with Gasteiger partial charge in [0.2, 0.25) is 5.91 Å². The van der Waals surface area contributed by atoms with E-state index in [1.54, 1.807) is 28.6 Å². The van der Waals surface area contributed by atoms with Gasteiger partial charge in [0.25, 0.3) is 5.91 Å². The summed E-state index contributed by atoms with van der Waals surface area (Å²) in [5, 5.41) is 14.7. The van der Waals surface area contributed by atoms with Gasteiger partial charge >= 0.3 is 0 Å². The van der Waals surface area contributed by atoms with Crippen LogP contribution in [0.4, 0.5) is 4.39 Å². The highest BCUT2D eigenvalue weighted by Crippen LogP contribution is 2.39. The van der Waals surface area contributed by atoms with E-state index in [1.165, 1.54) is 12.1 Å². The number of fused-ring (bicyclic) bond motifs is 1. The molecule has 10 heteroatoms. The van der Waals surface area contributed by atoms with E-state index < -0.39 is 17.0 Å². The van der Waals surface area contributed by atoms with Gasteiger partial charge in [-0.2, -0.15) is 5.10 Å². The number of carbonyl (C=O) groups excluding carboxylic acids is 2. The molecule has 1 aromatic carbocycles. The third kappa shape index (κ3) is 5.14.